The van der Waals surface area contributed by atoms with Crippen LogP contribution in [0.5, 0.6) is 5.75 Å². The number of rotatable bonds is 6. The number of hydrogen-bond acceptors (Lipinski definition) is 6. The maximum Gasteiger partial charge on any atom is 0.273 e. The Bertz CT molecular complexity index is 841. The van der Waals surface area contributed by atoms with E-state index < -0.39 is 10.8 Å². The van der Waals surface area contributed by atoms with Gasteiger partial charge in [0, 0.05) is 19.0 Å². The molecule has 3 aliphatic rings. The number of carbonyl (C=O) groups excluding carboxylic acids is 3. The molecule has 0 radical (unpaired) electrons. The molecule has 28 heavy (non-hydrogen) atoms. The Morgan fingerprint density at radius 1 is 1.25 bits per heavy atom. The molecular formula is C19H21N3O6. The third-order valence-electron chi connectivity index (χ3n) is 6.25. The zero-order chi connectivity index (χ0) is 20.0. The van der Waals surface area contributed by atoms with Crippen molar-refractivity contribution in [3.8, 4) is 5.75 Å². The van der Waals surface area contributed by atoms with Gasteiger partial charge < -0.3 is 10.1 Å². The average Bonchev–Trinajstić information content (AvgIpc) is 3.35. The van der Waals surface area contributed by atoms with Crippen molar-refractivity contribution in [2.24, 2.45) is 23.7 Å². The number of benzene rings is 1. The van der Waals surface area contributed by atoms with E-state index in [4.69, 9.17) is 4.74 Å². The number of nitro benzene ring substituents is 1. The van der Waals surface area contributed by atoms with Gasteiger partial charge in [0.25, 0.3) is 5.69 Å². The molecule has 1 saturated heterocycles. The van der Waals surface area contributed by atoms with Crippen LogP contribution in [0.25, 0.3) is 0 Å². The molecule has 0 aromatic heterocycles. The largest absolute Gasteiger partial charge is 0.494 e. The van der Waals surface area contributed by atoms with Crippen molar-refractivity contribution in [1.82, 2.24) is 4.90 Å². The summed E-state index contributed by atoms with van der Waals surface area (Å²) in [6.45, 7) is 0.0469. The van der Waals surface area contributed by atoms with E-state index in [0.29, 0.717) is 17.5 Å². The second kappa shape index (κ2) is 6.88. The smallest absolute Gasteiger partial charge is 0.273 e. The number of carbonyl (C=O) groups is 3. The second-order valence-corrected chi connectivity index (χ2v) is 7.65. The van der Waals surface area contributed by atoms with Gasteiger partial charge in [-0.05, 0) is 37.2 Å². The van der Waals surface area contributed by atoms with Crippen molar-refractivity contribution < 1.29 is 24.0 Å². The molecule has 4 atom stereocenters. The Balaban J connectivity index is 1.38. The average molecular weight is 387 g/mol. The fourth-order valence-electron chi connectivity index (χ4n) is 5.01. The molecule has 3 amide bonds. The normalized spacial score (nSPS) is 27.8. The van der Waals surface area contributed by atoms with Crippen molar-refractivity contribution >= 4 is 29.1 Å². The van der Waals surface area contributed by atoms with E-state index >= 15 is 0 Å². The lowest BCUT2D eigenvalue weighted by molar-refractivity contribution is -0.384. The van der Waals surface area contributed by atoms with Crippen LogP contribution >= 0.6 is 0 Å². The monoisotopic (exact) mass is 387 g/mol. The number of amides is 3. The van der Waals surface area contributed by atoms with Gasteiger partial charge in [0.05, 0.1) is 35.6 Å². The van der Waals surface area contributed by atoms with Gasteiger partial charge in [-0.3, -0.25) is 29.4 Å². The van der Waals surface area contributed by atoms with E-state index in [1.165, 1.54) is 30.2 Å². The van der Waals surface area contributed by atoms with Crippen LogP contribution in [0.3, 0.4) is 0 Å². The number of non-ortho nitro benzene ring substituents is 1. The van der Waals surface area contributed by atoms with E-state index in [-0.39, 0.29) is 48.1 Å². The van der Waals surface area contributed by atoms with Gasteiger partial charge in [0.2, 0.25) is 17.7 Å². The van der Waals surface area contributed by atoms with Gasteiger partial charge in [0.15, 0.2) is 0 Å². The van der Waals surface area contributed by atoms with E-state index in [9.17, 15) is 24.5 Å². The quantitative estimate of drug-likeness (QED) is 0.453. The first-order valence-corrected chi connectivity index (χ1v) is 9.38. The van der Waals surface area contributed by atoms with Crippen molar-refractivity contribution in [2.45, 2.75) is 25.7 Å². The highest BCUT2D eigenvalue weighted by Gasteiger charge is 2.60. The predicted molar refractivity (Wildman–Crippen MR) is 97.4 cm³/mol. The van der Waals surface area contributed by atoms with Gasteiger partial charge in [-0.15, -0.1) is 0 Å². The van der Waals surface area contributed by atoms with Gasteiger partial charge in [-0.25, -0.2) is 0 Å². The first kappa shape index (κ1) is 18.4. The third kappa shape index (κ3) is 2.90. The van der Waals surface area contributed by atoms with Gasteiger partial charge in [0.1, 0.15) is 5.75 Å². The maximum absolute atomic E-state index is 12.6. The Morgan fingerprint density at radius 3 is 2.46 bits per heavy atom. The standard InChI is InChI=1S/C19H21N3O6/c1-28-14-9-12(22(26)27)4-5-13(14)20-15(23)6-7-21-18(24)16-10-2-3-11(8-10)17(16)19(21)25/h4-5,9-11,16-17H,2-3,6-8H2,1H3,(H,20,23)/t10-,11+,16-,17+. The number of anilines is 1. The molecule has 3 fully saturated rings. The van der Waals surface area contributed by atoms with E-state index in [2.05, 4.69) is 5.32 Å². The highest BCUT2D eigenvalue weighted by atomic mass is 16.6. The number of hydrogen-bond donors (Lipinski definition) is 1. The van der Waals surface area contributed by atoms with Crippen LogP contribution in [0.4, 0.5) is 11.4 Å². The van der Waals surface area contributed by atoms with Crippen LogP contribution in [-0.4, -0.2) is 41.2 Å². The van der Waals surface area contributed by atoms with Crippen molar-refractivity contribution in [3.63, 3.8) is 0 Å². The summed E-state index contributed by atoms with van der Waals surface area (Å²) in [5, 5.41) is 13.5. The van der Waals surface area contributed by atoms with Gasteiger partial charge >= 0.3 is 0 Å². The van der Waals surface area contributed by atoms with Gasteiger partial charge in [-0.2, -0.15) is 0 Å². The van der Waals surface area contributed by atoms with Crippen molar-refractivity contribution in [1.29, 1.82) is 0 Å². The molecule has 2 aliphatic carbocycles. The van der Waals surface area contributed by atoms with Crippen LogP contribution in [0, 0.1) is 33.8 Å². The van der Waals surface area contributed by atoms with Crippen LogP contribution < -0.4 is 10.1 Å². The maximum atomic E-state index is 12.6. The molecule has 148 valence electrons. The number of nitrogens with zero attached hydrogens (tertiary/aromatic N) is 2. The summed E-state index contributed by atoms with van der Waals surface area (Å²) >= 11 is 0. The summed E-state index contributed by atoms with van der Waals surface area (Å²) < 4.78 is 5.09. The summed E-state index contributed by atoms with van der Waals surface area (Å²) in [5.74, 6) is -0.252. The second-order valence-electron chi connectivity index (χ2n) is 7.65. The molecule has 1 N–H and O–H groups in total. The van der Waals surface area contributed by atoms with E-state index in [1.54, 1.807) is 0 Å². The zero-order valence-electron chi connectivity index (χ0n) is 15.4. The number of imide groups is 1. The minimum Gasteiger partial charge on any atom is -0.494 e. The van der Waals surface area contributed by atoms with Crippen LogP contribution in [0.15, 0.2) is 18.2 Å². The number of methoxy groups -OCH3 is 1. The Morgan fingerprint density at radius 2 is 1.89 bits per heavy atom. The fraction of sp³-hybridized carbons (Fsp3) is 0.526. The summed E-state index contributed by atoms with van der Waals surface area (Å²) in [5.41, 5.74) is 0.149. The SMILES string of the molecule is COc1cc([N+](=O)[O-])ccc1NC(=O)CCN1C(=O)[C@@H]2[C@@H]3CC[C@@H](C3)[C@@H]2C1=O. The van der Waals surface area contributed by atoms with Crippen molar-refractivity contribution in [2.75, 3.05) is 19.0 Å². The van der Waals surface area contributed by atoms with Crippen LogP contribution in [0.2, 0.25) is 0 Å². The molecule has 0 spiro atoms. The summed E-state index contributed by atoms with van der Waals surface area (Å²) in [6.07, 6.45) is 2.96. The topological polar surface area (TPSA) is 119 Å². The first-order chi connectivity index (χ1) is 13.4. The highest BCUT2D eigenvalue weighted by molar-refractivity contribution is 6.06. The predicted octanol–water partition coefficient (Wildman–Crippen LogP) is 1.96. The van der Waals surface area contributed by atoms with Crippen LogP contribution in [0.1, 0.15) is 25.7 Å². The molecule has 1 aliphatic heterocycles. The molecule has 2 saturated carbocycles. The fourth-order valence-corrected chi connectivity index (χ4v) is 5.01. The number of likely N-dealkylation sites (tertiary alicyclic amines) is 1. The van der Waals surface area contributed by atoms with Crippen molar-refractivity contribution in [3.05, 3.63) is 28.3 Å². The molecule has 1 aromatic rings. The first-order valence-electron chi connectivity index (χ1n) is 9.38. The minimum atomic E-state index is -0.553. The Hall–Kier alpha value is -2.97. The van der Waals surface area contributed by atoms with Gasteiger partial charge in [-0.1, -0.05) is 0 Å². The van der Waals surface area contributed by atoms with Crippen LogP contribution in [-0.2, 0) is 14.4 Å². The summed E-state index contributed by atoms with van der Waals surface area (Å²) in [4.78, 5) is 49.1. The summed E-state index contributed by atoms with van der Waals surface area (Å²) in [6, 6.07) is 3.88. The molecule has 9 heteroatoms. The van der Waals surface area contributed by atoms with E-state index in [1.807, 2.05) is 0 Å². The number of nitro groups is 1. The number of nitrogens with one attached hydrogen (secondary N) is 1. The Labute approximate surface area is 161 Å². The number of fused-ring (bicyclic) bond motifs is 5. The summed E-state index contributed by atoms with van der Waals surface area (Å²) in [7, 11) is 1.35. The molecular weight excluding hydrogens is 366 g/mol. The Kier molecular flexibility index (Phi) is 4.52. The molecule has 1 heterocycles. The lowest BCUT2D eigenvalue weighted by atomic mass is 9.81. The molecule has 0 unspecified atom stereocenters. The molecule has 1 aromatic carbocycles. The highest BCUT2D eigenvalue weighted by Crippen LogP contribution is 2.56. The molecule has 4 rings (SSSR count). The van der Waals surface area contributed by atoms with E-state index in [0.717, 1.165) is 19.3 Å². The molecule has 2 bridgehead atoms. The third-order valence-corrected chi connectivity index (χ3v) is 6.25. The zero-order valence-corrected chi connectivity index (χ0v) is 15.4. The lowest BCUT2D eigenvalue weighted by Gasteiger charge is -2.19. The minimum absolute atomic E-state index is 0.0353. The molecule has 9 nitrogen and oxygen atoms in total. The lowest BCUT2D eigenvalue weighted by Crippen LogP contribution is -2.35. The number of ether oxygens (including phenoxy) is 1.